The first-order chi connectivity index (χ1) is 15.8. The summed E-state index contributed by atoms with van der Waals surface area (Å²) in [7, 11) is 0. The second-order valence-electron chi connectivity index (χ2n) is 8.25. The molecule has 0 fully saturated rings. The molecule has 0 heterocycles. The molecule has 0 N–H and O–H groups in total. The van der Waals surface area contributed by atoms with E-state index in [1.54, 1.807) is 0 Å². The summed E-state index contributed by atoms with van der Waals surface area (Å²) in [4.78, 5) is 0. The zero-order valence-electron chi connectivity index (χ0n) is 17.5. The van der Waals surface area contributed by atoms with Gasteiger partial charge in [-0.3, -0.25) is 0 Å². The van der Waals surface area contributed by atoms with Gasteiger partial charge in [0.1, 0.15) is 0 Å². The molecule has 1 heteroatoms. The van der Waals surface area contributed by atoms with E-state index in [0.717, 1.165) is 4.47 Å². The largest absolute Gasteiger partial charge is 0.0622 e. The smallest absolute Gasteiger partial charge is 0.0358 e. The van der Waals surface area contributed by atoms with Crippen molar-refractivity contribution in [3.05, 3.63) is 142 Å². The fourth-order valence-electron chi connectivity index (χ4n) is 5.03. The molecule has 0 bridgehead atoms. The summed E-state index contributed by atoms with van der Waals surface area (Å²) in [6, 6.07) is 43.8. The Morgan fingerprint density at radius 3 is 1.75 bits per heavy atom. The minimum Gasteiger partial charge on any atom is -0.0622 e. The number of hydrogen-bond acceptors (Lipinski definition) is 0. The van der Waals surface area contributed by atoms with E-state index in [9.17, 15) is 0 Å². The summed E-state index contributed by atoms with van der Waals surface area (Å²) in [6.07, 6.45) is 0. The van der Waals surface area contributed by atoms with Crippen molar-refractivity contribution >= 4 is 15.9 Å². The third kappa shape index (κ3) is 3.13. The van der Waals surface area contributed by atoms with Gasteiger partial charge < -0.3 is 0 Å². The summed E-state index contributed by atoms with van der Waals surface area (Å²) >= 11 is 3.69. The first-order valence-corrected chi connectivity index (χ1v) is 11.7. The highest BCUT2D eigenvalue weighted by Crippen LogP contribution is 2.51. The van der Waals surface area contributed by atoms with Gasteiger partial charge in [-0.1, -0.05) is 131 Å². The standard InChI is InChI=1S/C31H21Br/c32-29-16-7-6-11-24(29)21-17-19-22(20-18-21)25-14-8-15-28-26-12-4-5-13-27(26)30(31(25)28)23-9-2-1-3-10-23/h1-20,30H. The molecule has 6 rings (SSSR count). The van der Waals surface area contributed by atoms with Gasteiger partial charge in [-0.15, -0.1) is 0 Å². The Labute approximate surface area is 197 Å². The van der Waals surface area contributed by atoms with Crippen LogP contribution in [0.3, 0.4) is 0 Å². The Bertz CT molecular complexity index is 1420. The highest BCUT2D eigenvalue weighted by Gasteiger charge is 2.31. The predicted molar refractivity (Wildman–Crippen MR) is 138 cm³/mol. The fourth-order valence-corrected chi connectivity index (χ4v) is 5.54. The third-order valence-electron chi connectivity index (χ3n) is 6.47. The van der Waals surface area contributed by atoms with Crippen molar-refractivity contribution in [2.24, 2.45) is 0 Å². The van der Waals surface area contributed by atoms with Gasteiger partial charge >= 0.3 is 0 Å². The second-order valence-corrected chi connectivity index (χ2v) is 9.11. The molecule has 0 amide bonds. The number of rotatable bonds is 3. The molecule has 0 radical (unpaired) electrons. The lowest BCUT2D eigenvalue weighted by molar-refractivity contribution is 1.02. The number of fused-ring (bicyclic) bond motifs is 3. The van der Waals surface area contributed by atoms with Crippen molar-refractivity contribution < 1.29 is 0 Å². The Balaban J connectivity index is 1.52. The summed E-state index contributed by atoms with van der Waals surface area (Å²) in [5.41, 5.74) is 11.8. The molecule has 1 aliphatic carbocycles. The molecule has 1 unspecified atom stereocenters. The first kappa shape index (κ1) is 19.3. The Morgan fingerprint density at radius 2 is 1.00 bits per heavy atom. The van der Waals surface area contributed by atoms with E-state index in [1.807, 2.05) is 0 Å². The van der Waals surface area contributed by atoms with Gasteiger partial charge in [0.2, 0.25) is 0 Å². The van der Waals surface area contributed by atoms with Crippen LogP contribution in [-0.4, -0.2) is 0 Å². The van der Waals surface area contributed by atoms with Gasteiger partial charge in [0, 0.05) is 10.4 Å². The van der Waals surface area contributed by atoms with Crippen molar-refractivity contribution in [1.29, 1.82) is 0 Å². The van der Waals surface area contributed by atoms with E-state index in [0.29, 0.717) is 0 Å². The average Bonchev–Trinajstić information content (AvgIpc) is 3.20. The Hall–Kier alpha value is -3.42. The maximum absolute atomic E-state index is 3.69. The minimum absolute atomic E-state index is 0.251. The minimum atomic E-state index is 0.251. The van der Waals surface area contributed by atoms with E-state index in [1.165, 1.54) is 50.1 Å². The van der Waals surface area contributed by atoms with Crippen LogP contribution in [0.15, 0.2) is 126 Å². The lowest BCUT2D eigenvalue weighted by Crippen LogP contribution is -2.01. The van der Waals surface area contributed by atoms with Crippen LogP contribution in [0.1, 0.15) is 22.6 Å². The molecule has 5 aromatic rings. The summed E-state index contributed by atoms with van der Waals surface area (Å²) in [5.74, 6) is 0.251. The SMILES string of the molecule is Brc1ccccc1-c1ccc(-c2cccc3c2C(c2ccccc2)c2ccccc2-3)cc1. The molecule has 0 saturated heterocycles. The number of halogens is 1. The Kier molecular flexibility index (Phi) is 4.78. The average molecular weight is 473 g/mol. The van der Waals surface area contributed by atoms with Gasteiger partial charge in [0.25, 0.3) is 0 Å². The molecule has 0 aromatic heterocycles. The monoisotopic (exact) mass is 472 g/mol. The van der Waals surface area contributed by atoms with Crippen LogP contribution in [-0.2, 0) is 0 Å². The summed E-state index contributed by atoms with van der Waals surface area (Å²) in [6.45, 7) is 0. The number of benzene rings is 5. The van der Waals surface area contributed by atoms with Crippen molar-refractivity contribution in [2.45, 2.75) is 5.92 Å². The van der Waals surface area contributed by atoms with Gasteiger partial charge in [-0.05, 0) is 56.1 Å². The molecule has 0 spiro atoms. The highest BCUT2D eigenvalue weighted by atomic mass is 79.9. The van der Waals surface area contributed by atoms with E-state index in [2.05, 4.69) is 137 Å². The highest BCUT2D eigenvalue weighted by molar-refractivity contribution is 9.10. The molecule has 5 aromatic carbocycles. The first-order valence-electron chi connectivity index (χ1n) is 10.9. The zero-order chi connectivity index (χ0) is 21.5. The maximum atomic E-state index is 3.69. The molecular weight excluding hydrogens is 452 g/mol. The summed E-state index contributed by atoms with van der Waals surface area (Å²) < 4.78 is 1.12. The number of hydrogen-bond donors (Lipinski definition) is 0. The summed E-state index contributed by atoms with van der Waals surface area (Å²) in [5, 5.41) is 0. The van der Waals surface area contributed by atoms with Gasteiger partial charge in [-0.2, -0.15) is 0 Å². The van der Waals surface area contributed by atoms with Gasteiger partial charge in [0.15, 0.2) is 0 Å². The predicted octanol–water partition coefficient (Wildman–Crippen LogP) is 8.94. The van der Waals surface area contributed by atoms with E-state index in [-0.39, 0.29) is 5.92 Å². The van der Waals surface area contributed by atoms with E-state index in [4.69, 9.17) is 0 Å². The lowest BCUT2D eigenvalue weighted by atomic mass is 9.85. The van der Waals surface area contributed by atoms with Crippen LogP contribution in [0.25, 0.3) is 33.4 Å². The molecule has 0 nitrogen and oxygen atoms in total. The normalized spacial score (nSPS) is 14.1. The molecular formula is C31H21Br. The van der Waals surface area contributed by atoms with Crippen LogP contribution in [0, 0.1) is 0 Å². The molecule has 0 aliphatic heterocycles. The maximum Gasteiger partial charge on any atom is 0.0358 e. The second kappa shape index (κ2) is 7.93. The topological polar surface area (TPSA) is 0 Å². The van der Waals surface area contributed by atoms with Crippen LogP contribution in [0.5, 0.6) is 0 Å². The van der Waals surface area contributed by atoms with E-state index < -0.39 is 0 Å². The molecule has 1 atom stereocenters. The molecule has 1 aliphatic rings. The third-order valence-corrected chi connectivity index (χ3v) is 7.16. The van der Waals surface area contributed by atoms with Crippen molar-refractivity contribution in [1.82, 2.24) is 0 Å². The molecule has 0 saturated carbocycles. The zero-order valence-corrected chi connectivity index (χ0v) is 19.1. The fraction of sp³-hybridized carbons (Fsp3) is 0.0323. The van der Waals surface area contributed by atoms with E-state index >= 15 is 0 Å². The van der Waals surface area contributed by atoms with Crippen molar-refractivity contribution in [3.63, 3.8) is 0 Å². The quantitative estimate of drug-likeness (QED) is 0.241. The van der Waals surface area contributed by atoms with Crippen molar-refractivity contribution in [3.8, 4) is 33.4 Å². The van der Waals surface area contributed by atoms with Crippen LogP contribution in [0.4, 0.5) is 0 Å². The van der Waals surface area contributed by atoms with Crippen LogP contribution in [0.2, 0.25) is 0 Å². The molecule has 32 heavy (non-hydrogen) atoms. The van der Waals surface area contributed by atoms with Crippen LogP contribution >= 0.6 is 15.9 Å². The van der Waals surface area contributed by atoms with Gasteiger partial charge in [0.05, 0.1) is 0 Å². The van der Waals surface area contributed by atoms with Crippen molar-refractivity contribution in [2.75, 3.05) is 0 Å². The lowest BCUT2D eigenvalue weighted by Gasteiger charge is -2.18. The van der Waals surface area contributed by atoms with Gasteiger partial charge in [-0.25, -0.2) is 0 Å². The Morgan fingerprint density at radius 1 is 0.438 bits per heavy atom. The van der Waals surface area contributed by atoms with Crippen LogP contribution < -0.4 is 0 Å². The molecule has 152 valence electrons.